The number of hydrogen-bond acceptors (Lipinski definition) is 2. The molecule has 3 nitrogen and oxygen atoms in total. The Labute approximate surface area is 124 Å². The highest BCUT2D eigenvalue weighted by Crippen LogP contribution is 2.43. The molecule has 1 saturated carbocycles. The maximum atomic E-state index is 12.4. The van der Waals surface area contributed by atoms with Crippen LogP contribution in [-0.4, -0.2) is 49.4 Å². The van der Waals surface area contributed by atoms with Crippen LogP contribution >= 0.6 is 0 Å². The quantitative estimate of drug-likeness (QED) is 0.637. The Morgan fingerprint density at radius 1 is 1.20 bits per heavy atom. The lowest BCUT2D eigenvalue weighted by Crippen LogP contribution is -2.40. The Morgan fingerprint density at radius 2 is 2.00 bits per heavy atom. The molecular weight excluding hydrogens is 248 g/mol. The first-order valence-corrected chi connectivity index (χ1v) is 8.21. The van der Waals surface area contributed by atoms with E-state index in [0.29, 0.717) is 11.8 Å². The number of likely N-dealkylation sites (N-methyl/N-ethyl adjacent to an activating group) is 1. The Hall–Kier alpha value is -0.830. The van der Waals surface area contributed by atoms with E-state index in [0.717, 1.165) is 50.7 Å². The summed E-state index contributed by atoms with van der Waals surface area (Å²) in [5.41, 5.74) is 0. The molecule has 2 bridgehead atoms. The van der Waals surface area contributed by atoms with Gasteiger partial charge in [0.1, 0.15) is 0 Å². The van der Waals surface area contributed by atoms with Crippen LogP contribution in [0.3, 0.4) is 0 Å². The molecule has 0 spiro atoms. The third kappa shape index (κ3) is 4.08. The lowest BCUT2D eigenvalue weighted by molar-refractivity contribution is -0.132. The molecule has 3 atom stereocenters. The molecule has 0 N–H and O–H groups in total. The van der Waals surface area contributed by atoms with Gasteiger partial charge in [-0.2, -0.15) is 0 Å². The molecule has 0 aromatic carbocycles. The summed E-state index contributed by atoms with van der Waals surface area (Å²) in [4.78, 5) is 16.7. The zero-order valence-electron chi connectivity index (χ0n) is 13.3. The van der Waals surface area contributed by atoms with Crippen molar-refractivity contribution in [1.29, 1.82) is 0 Å². The third-order valence-corrected chi connectivity index (χ3v) is 4.79. The highest BCUT2D eigenvalue weighted by Gasteiger charge is 2.36. The van der Waals surface area contributed by atoms with E-state index in [1.165, 1.54) is 12.8 Å². The number of amides is 1. The Balaban J connectivity index is 1.87. The van der Waals surface area contributed by atoms with E-state index in [9.17, 15) is 4.79 Å². The van der Waals surface area contributed by atoms with Gasteiger partial charge in [-0.1, -0.05) is 25.5 Å². The fourth-order valence-corrected chi connectivity index (χ4v) is 3.51. The standard InChI is InChI=1S/C17H30N2O/c1-4-5-6-17(20)19(10-9-18(2)3)13-16-12-14-7-8-15(16)11-14/h7-8,14-16H,4-6,9-13H2,1-3H3. The lowest BCUT2D eigenvalue weighted by atomic mass is 9.93. The summed E-state index contributed by atoms with van der Waals surface area (Å²) in [6.45, 7) is 4.97. The molecule has 114 valence electrons. The van der Waals surface area contributed by atoms with E-state index in [4.69, 9.17) is 0 Å². The van der Waals surface area contributed by atoms with Gasteiger partial charge >= 0.3 is 0 Å². The Bertz CT molecular complexity index is 351. The van der Waals surface area contributed by atoms with E-state index in [2.05, 4.69) is 43.0 Å². The largest absolute Gasteiger partial charge is 0.341 e. The van der Waals surface area contributed by atoms with Crippen LogP contribution < -0.4 is 0 Å². The first kappa shape index (κ1) is 15.6. The van der Waals surface area contributed by atoms with Crippen molar-refractivity contribution in [2.24, 2.45) is 17.8 Å². The van der Waals surface area contributed by atoms with Crippen LogP contribution in [-0.2, 0) is 4.79 Å². The van der Waals surface area contributed by atoms with Gasteiger partial charge in [0, 0.05) is 26.1 Å². The molecule has 20 heavy (non-hydrogen) atoms. The minimum absolute atomic E-state index is 0.362. The molecule has 0 saturated heterocycles. The Morgan fingerprint density at radius 3 is 2.55 bits per heavy atom. The van der Waals surface area contributed by atoms with E-state index < -0.39 is 0 Å². The second-order valence-electron chi connectivity index (χ2n) is 6.79. The van der Waals surface area contributed by atoms with Crippen LogP contribution in [0.15, 0.2) is 12.2 Å². The van der Waals surface area contributed by atoms with Gasteiger partial charge < -0.3 is 9.80 Å². The van der Waals surface area contributed by atoms with Crippen molar-refractivity contribution >= 4 is 5.91 Å². The normalized spacial score (nSPS) is 27.5. The molecule has 3 unspecified atom stereocenters. The fraction of sp³-hybridized carbons (Fsp3) is 0.824. The minimum atomic E-state index is 0.362. The van der Waals surface area contributed by atoms with Crippen LogP contribution in [0.25, 0.3) is 0 Å². The fourth-order valence-electron chi connectivity index (χ4n) is 3.51. The molecule has 0 radical (unpaired) electrons. The summed E-state index contributed by atoms with van der Waals surface area (Å²) in [6.07, 6.45) is 10.2. The Kier molecular flexibility index (Phi) is 5.64. The van der Waals surface area contributed by atoms with E-state index >= 15 is 0 Å². The number of fused-ring (bicyclic) bond motifs is 2. The number of carbonyl (C=O) groups excluding carboxylic acids is 1. The van der Waals surface area contributed by atoms with Gasteiger partial charge in [0.25, 0.3) is 0 Å². The smallest absolute Gasteiger partial charge is 0.222 e. The number of nitrogens with zero attached hydrogens (tertiary/aromatic N) is 2. The van der Waals surface area contributed by atoms with Crippen molar-refractivity contribution in [3.05, 3.63) is 12.2 Å². The number of rotatable bonds is 8. The predicted octanol–water partition coefficient (Wildman–Crippen LogP) is 2.78. The van der Waals surface area contributed by atoms with Gasteiger partial charge in [0.05, 0.1) is 0 Å². The van der Waals surface area contributed by atoms with Gasteiger partial charge in [0.15, 0.2) is 0 Å². The molecule has 1 fully saturated rings. The van der Waals surface area contributed by atoms with Crippen LogP contribution in [0.4, 0.5) is 0 Å². The first-order chi connectivity index (χ1) is 9.60. The van der Waals surface area contributed by atoms with Crippen molar-refractivity contribution in [3.63, 3.8) is 0 Å². The lowest BCUT2D eigenvalue weighted by Gasteiger charge is -2.29. The maximum Gasteiger partial charge on any atom is 0.222 e. The maximum absolute atomic E-state index is 12.4. The zero-order valence-corrected chi connectivity index (χ0v) is 13.3. The number of carbonyl (C=O) groups is 1. The van der Waals surface area contributed by atoms with Crippen LogP contribution in [0.1, 0.15) is 39.0 Å². The summed E-state index contributed by atoms with van der Waals surface area (Å²) in [5, 5.41) is 0. The van der Waals surface area contributed by atoms with Crippen LogP contribution in [0, 0.1) is 17.8 Å². The average molecular weight is 278 g/mol. The van der Waals surface area contributed by atoms with Gasteiger partial charge in [-0.05, 0) is 51.1 Å². The molecule has 2 rings (SSSR count). The molecule has 0 aromatic rings. The SMILES string of the molecule is CCCCC(=O)N(CCN(C)C)CC1CC2C=CC1C2. The zero-order chi connectivity index (χ0) is 14.5. The summed E-state index contributed by atoms with van der Waals surface area (Å²) >= 11 is 0. The van der Waals surface area contributed by atoms with Gasteiger partial charge in [-0.3, -0.25) is 4.79 Å². The van der Waals surface area contributed by atoms with Crippen molar-refractivity contribution < 1.29 is 4.79 Å². The second kappa shape index (κ2) is 7.26. The summed E-state index contributed by atoms with van der Waals surface area (Å²) in [5.74, 6) is 2.60. The minimum Gasteiger partial charge on any atom is -0.341 e. The number of allylic oxidation sites excluding steroid dienone is 2. The van der Waals surface area contributed by atoms with Crippen molar-refractivity contribution in [1.82, 2.24) is 9.80 Å². The summed E-state index contributed by atoms with van der Waals surface area (Å²) in [7, 11) is 4.16. The van der Waals surface area contributed by atoms with Crippen molar-refractivity contribution in [2.45, 2.75) is 39.0 Å². The molecule has 1 amide bonds. The van der Waals surface area contributed by atoms with Crippen molar-refractivity contribution in [2.75, 3.05) is 33.7 Å². The second-order valence-corrected chi connectivity index (χ2v) is 6.79. The van der Waals surface area contributed by atoms with Crippen LogP contribution in [0.5, 0.6) is 0 Å². The summed E-state index contributed by atoms with van der Waals surface area (Å²) < 4.78 is 0. The predicted molar refractivity (Wildman–Crippen MR) is 83.5 cm³/mol. The van der Waals surface area contributed by atoms with E-state index in [-0.39, 0.29) is 0 Å². The number of hydrogen-bond donors (Lipinski definition) is 0. The molecule has 3 heteroatoms. The molecule has 2 aliphatic rings. The average Bonchev–Trinajstić information content (AvgIpc) is 3.02. The van der Waals surface area contributed by atoms with Gasteiger partial charge in [-0.15, -0.1) is 0 Å². The molecule has 0 aliphatic heterocycles. The number of unbranched alkanes of at least 4 members (excludes halogenated alkanes) is 1. The van der Waals surface area contributed by atoms with E-state index in [1.807, 2.05) is 0 Å². The monoisotopic (exact) mass is 278 g/mol. The highest BCUT2D eigenvalue weighted by molar-refractivity contribution is 5.76. The molecule has 0 aromatic heterocycles. The summed E-state index contributed by atoms with van der Waals surface area (Å²) in [6, 6.07) is 0. The molecular formula is C17H30N2O. The highest BCUT2D eigenvalue weighted by atomic mass is 16.2. The van der Waals surface area contributed by atoms with Crippen molar-refractivity contribution in [3.8, 4) is 0 Å². The van der Waals surface area contributed by atoms with Gasteiger partial charge in [0.2, 0.25) is 5.91 Å². The molecule has 2 aliphatic carbocycles. The van der Waals surface area contributed by atoms with E-state index in [1.54, 1.807) is 0 Å². The topological polar surface area (TPSA) is 23.6 Å². The third-order valence-electron chi connectivity index (χ3n) is 4.79. The van der Waals surface area contributed by atoms with Gasteiger partial charge in [-0.25, -0.2) is 0 Å². The first-order valence-electron chi connectivity index (χ1n) is 8.21. The van der Waals surface area contributed by atoms with Crippen LogP contribution in [0.2, 0.25) is 0 Å². The molecule has 0 heterocycles.